The third-order valence-electron chi connectivity index (χ3n) is 6.76. The minimum atomic E-state index is -0.490. The lowest BCUT2D eigenvalue weighted by Gasteiger charge is -2.29. The summed E-state index contributed by atoms with van der Waals surface area (Å²) in [6.07, 6.45) is 6.34. The number of hydrogen-bond donors (Lipinski definition) is 0. The number of non-ortho nitro benzene ring substituents is 1. The summed E-state index contributed by atoms with van der Waals surface area (Å²) in [5.41, 5.74) is 4.44. The molecule has 2 atom stereocenters. The molecule has 0 unspecified atom stereocenters. The average Bonchev–Trinajstić information content (AvgIpc) is 3.33. The van der Waals surface area contributed by atoms with Crippen LogP contribution in [0.5, 0.6) is 0 Å². The molecule has 3 aromatic carbocycles. The van der Waals surface area contributed by atoms with Gasteiger partial charge in [0.25, 0.3) is 11.6 Å². The van der Waals surface area contributed by atoms with E-state index in [1.807, 2.05) is 66.7 Å². The smallest absolute Gasteiger partial charge is 0.266 e. The topological polar surface area (TPSA) is 99.6 Å². The van der Waals surface area contributed by atoms with E-state index in [1.165, 1.54) is 35.4 Å². The lowest BCUT2D eigenvalue weighted by Crippen LogP contribution is -2.32. The number of rotatable bonds is 5. The van der Waals surface area contributed by atoms with Crippen molar-refractivity contribution in [3.63, 3.8) is 0 Å². The second-order valence-corrected chi connectivity index (χ2v) is 9.09. The Kier molecular flexibility index (Phi) is 6.73. The summed E-state index contributed by atoms with van der Waals surface area (Å²) in [5, 5.41) is 27.2. The number of nitro benzene ring substituents is 1. The molecule has 7 nitrogen and oxygen atoms in total. The lowest BCUT2D eigenvalue weighted by atomic mass is 9.77. The first-order valence-corrected chi connectivity index (χ1v) is 12.1. The summed E-state index contributed by atoms with van der Waals surface area (Å²) in [4.78, 5) is 24.2. The van der Waals surface area contributed by atoms with Crippen LogP contribution in [0, 0.1) is 27.4 Å². The van der Waals surface area contributed by atoms with E-state index in [0.717, 1.165) is 41.7 Å². The Bertz CT molecular complexity index is 1450. The van der Waals surface area contributed by atoms with Crippen LogP contribution in [0.1, 0.15) is 42.0 Å². The number of nitriles is 1. The molecular weight excluding hydrogens is 464 g/mol. The number of amides is 1. The molecule has 1 fully saturated rings. The number of nitro groups is 1. The van der Waals surface area contributed by atoms with E-state index in [-0.39, 0.29) is 23.2 Å². The molecule has 1 aliphatic carbocycles. The lowest BCUT2D eigenvalue weighted by molar-refractivity contribution is -0.384. The molecule has 1 saturated carbocycles. The van der Waals surface area contributed by atoms with Gasteiger partial charge < -0.3 is 0 Å². The molecule has 0 aromatic heterocycles. The first-order chi connectivity index (χ1) is 18.0. The van der Waals surface area contributed by atoms with Crippen LogP contribution >= 0.6 is 0 Å². The highest BCUT2D eigenvalue weighted by molar-refractivity contribution is 6.10. The molecule has 1 amide bonds. The Balaban J connectivity index is 1.54. The first kappa shape index (κ1) is 23.9. The molecular formula is C30H24N4O3. The van der Waals surface area contributed by atoms with Crippen molar-refractivity contribution in [2.75, 3.05) is 0 Å². The molecule has 0 radical (unpaired) electrons. The van der Waals surface area contributed by atoms with Crippen molar-refractivity contribution in [2.24, 2.45) is 11.0 Å². The Labute approximate surface area is 214 Å². The van der Waals surface area contributed by atoms with E-state index in [2.05, 4.69) is 6.08 Å². The standard InChI is InChI=1S/C30H24N4O3/c31-20-25(19-22-14-16-26(17-15-22)34(36)37)30(35)33-29(23-10-5-2-6-11-23)27-13-7-12-24(28(27)32-33)18-21-8-3-1-4-9-21/h1-6,8-11,14-19,27,29H,7,12-13H2/b24-18+,25-19-/t27-,29+/m1/s1. The fraction of sp³-hybridized carbons (Fsp3) is 0.167. The molecule has 2 aliphatic rings. The van der Waals surface area contributed by atoms with Gasteiger partial charge in [0.2, 0.25) is 0 Å². The molecule has 7 heteroatoms. The van der Waals surface area contributed by atoms with Crippen molar-refractivity contribution >= 4 is 29.5 Å². The van der Waals surface area contributed by atoms with Gasteiger partial charge in [-0.3, -0.25) is 14.9 Å². The third kappa shape index (κ3) is 4.95. The number of fused-ring (bicyclic) bond motifs is 1. The van der Waals surface area contributed by atoms with Crippen LogP contribution in [0.15, 0.2) is 101 Å². The monoisotopic (exact) mass is 488 g/mol. The number of nitrogens with zero attached hydrogens (tertiary/aromatic N) is 4. The van der Waals surface area contributed by atoms with Crippen molar-refractivity contribution in [1.29, 1.82) is 5.26 Å². The largest absolute Gasteiger partial charge is 0.285 e. The molecule has 5 rings (SSSR count). The van der Waals surface area contributed by atoms with Crippen LogP contribution in [0.25, 0.3) is 12.2 Å². The molecule has 0 saturated heterocycles. The molecule has 3 aromatic rings. The fourth-order valence-corrected chi connectivity index (χ4v) is 5.03. The van der Waals surface area contributed by atoms with Crippen molar-refractivity contribution in [3.05, 3.63) is 123 Å². The maximum atomic E-state index is 13.7. The highest BCUT2D eigenvalue weighted by atomic mass is 16.6. The summed E-state index contributed by atoms with van der Waals surface area (Å²) in [5.74, 6) is -0.468. The molecule has 0 spiro atoms. The van der Waals surface area contributed by atoms with Gasteiger partial charge in [0.15, 0.2) is 0 Å². The van der Waals surface area contributed by atoms with Crippen LogP contribution in [0.4, 0.5) is 5.69 Å². The Morgan fingerprint density at radius 2 is 1.68 bits per heavy atom. The number of hydrazone groups is 1. The van der Waals surface area contributed by atoms with Gasteiger partial charge in [-0.2, -0.15) is 10.4 Å². The van der Waals surface area contributed by atoms with Gasteiger partial charge >= 0.3 is 0 Å². The normalized spacial score (nSPS) is 20.2. The minimum absolute atomic E-state index is 0.0226. The summed E-state index contributed by atoms with van der Waals surface area (Å²) < 4.78 is 0. The predicted molar refractivity (Wildman–Crippen MR) is 142 cm³/mol. The van der Waals surface area contributed by atoms with Crippen LogP contribution in [-0.2, 0) is 4.79 Å². The number of allylic oxidation sites excluding steroid dienone is 1. The number of benzene rings is 3. The maximum absolute atomic E-state index is 13.7. The zero-order valence-electron chi connectivity index (χ0n) is 20.0. The minimum Gasteiger partial charge on any atom is -0.266 e. The van der Waals surface area contributed by atoms with E-state index in [0.29, 0.717) is 5.56 Å². The van der Waals surface area contributed by atoms with Crippen molar-refractivity contribution in [1.82, 2.24) is 5.01 Å². The predicted octanol–water partition coefficient (Wildman–Crippen LogP) is 6.32. The van der Waals surface area contributed by atoms with Crippen LogP contribution in [-0.4, -0.2) is 21.6 Å². The molecule has 1 aliphatic heterocycles. The van der Waals surface area contributed by atoms with E-state index < -0.39 is 10.8 Å². The van der Waals surface area contributed by atoms with Crippen LogP contribution < -0.4 is 0 Å². The molecule has 0 bridgehead atoms. The van der Waals surface area contributed by atoms with Gasteiger partial charge in [-0.15, -0.1) is 0 Å². The average molecular weight is 489 g/mol. The Morgan fingerprint density at radius 1 is 1.00 bits per heavy atom. The zero-order chi connectivity index (χ0) is 25.8. The Hall–Kier alpha value is -4.83. The second-order valence-electron chi connectivity index (χ2n) is 9.09. The van der Waals surface area contributed by atoms with Crippen LogP contribution in [0.3, 0.4) is 0 Å². The van der Waals surface area contributed by atoms with Gasteiger partial charge in [-0.05, 0) is 65.8 Å². The SMILES string of the molecule is N#C/C(=C/c1ccc([N+](=O)[O-])cc1)C(=O)N1N=C2/C(=C/c3ccccc3)CCC[C@H]2[C@@H]1c1ccccc1. The molecule has 0 N–H and O–H groups in total. The van der Waals surface area contributed by atoms with Crippen molar-refractivity contribution in [3.8, 4) is 6.07 Å². The van der Waals surface area contributed by atoms with E-state index in [4.69, 9.17) is 5.10 Å². The summed E-state index contributed by atoms with van der Waals surface area (Å²) in [7, 11) is 0. The summed E-state index contributed by atoms with van der Waals surface area (Å²) >= 11 is 0. The first-order valence-electron chi connectivity index (χ1n) is 12.1. The highest BCUT2D eigenvalue weighted by Crippen LogP contribution is 2.44. The zero-order valence-corrected chi connectivity index (χ0v) is 20.0. The summed E-state index contributed by atoms with van der Waals surface area (Å²) in [6, 6.07) is 27.3. The summed E-state index contributed by atoms with van der Waals surface area (Å²) in [6.45, 7) is 0. The third-order valence-corrected chi connectivity index (χ3v) is 6.76. The van der Waals surface area contributed by atoms with Crippen molar-refractivity contribution in [2.45, 2.75) is 25.3 Å². The number of hydrogen-bond acceptors (Lipinski definition) is 5. The van der Waals surface area contributed by atoms with Gasteiger partial charge in [-0.25, -0.2) is 5.01 Å². The highest BCUT2D eigenvalue weighted by Gasteiger charge is 2.44. The van der Waals surface area contributed by atoms with Gasteiger partial charge in [-0.1, -0.05) is 60.7 Å². The van der Waals surface area contributed by atoms with Crippen LogP contribution in [0.2, 0.25) is 0 Å². The van der Waals surface area contributed by atoms with Gasteiger partial charge in [0, 0.05) is 18.1 Å². The quantitative estimate of drug-likeness (QED) is 0.181. The van der Waals surface area contributed by atoms with E-state index in [1.54, 1.807) is 0 Å². The molecule has 182 valence electrons. The number of carbonyl (C=O) groups excluding carboxylic acids is 1. The fourth-order valence-electron chi connectivity index (χ4n) is 5.03. The molecule has 1 heterocycles. The Morgan fingerprint density at radius 3 is 2.32 bits per heavy atom. The maximum Gasteiger partial charge on any atom is 0.285 e. The second kappa shape index (κ2) is 10.4. The van der Waals surface area contributed by atoms with Gasteiger partial charge in [0.05, 0.1) is 16.7 Å². The molecule has 37 heavy (non-hydrogen) atoms. The number of carbonyl (C=O) groups is 1. The van der Waals surface area contributed by atoms with Crippen molar-refractivity contribution < 1.29 is 9.72 Å². The van der Waals surface area contributed by atoms with E-state index >= 15 is 0 Å². The van der Waals surface area contributed by atoms with Gasteiger partial charge in [0.1, 0.15) is 11.6 Å². The van der Waals surface area contributed by atoms with E-state index in [9.17, 15) is 20.2 Å².